The Morgan fingerprint density at radius 1 is 1.09 bits per heavy atom. The van der Waals surface area contributed by atoms with Crippen LogP contribution in [0.3, 0.4) is 0 Å². The van der Waals surface area contributed by atoms with Gasteiger partial charge in [0.05, 0.1) is 28.6 Å². The molecule has 0 aliphatic rings. The molecule has 0 unspecified atom stereocenters. The Balaban J connectivity index is 1.70. The van der Waals surface area contributed by atoms with Crippen molar-refractivity contribution in [3.05, 3.63) is 88.5 Å². The molecule has 0 atom stereocenters. The highest BCUT2D eigenvalue weighted by atomic mass is 32.1. The Hall–Kier alpha value is -4.04. The van der Waals surface area contributed by atoms with Crippen molar-refractivity contribution >= 4 is 43.7 Å². The number of halogens is 1. The number of aromatic hydroxyl groups is 1. The second kappa shape index (κ2) is 7.90. The van der Waals surface area contributed by atoms with Gasteiger partial charge in [0.15, 0.2) is 0 Å². The average Bonchev–Trinajstić information content (AvgIpc) is 3.22. The van der Waals surface area contributed by atoms with Crippen molar-refractivity contribution in [2.75, 3.05) is 7.11 Å². The van der Waals surface area contributed by atoms with Crippen molar-refractivity contribution in [1.29, 1.82) is 0 Å². The number of benzene rings is 3. The summed E-state index contributed by atoms with van der Waals surface area (Å²) in [5.41, 5.74) is 0.503. The molecule has 0 aliphatic carbocycles. The summed E-state index contributed by atoms with van der Waals surface area (Å²) in [6.07, 6.45) is 1.45. The number of nitrogens with zero attached hydrogens (tertiary/aromatic N) is 3. The van der Waals surface area contributed by atoms with Crippen molar-refractivity contribution in [3.8, 4) is 17.3 Å². The lowest BCUT2D eigenvalue weighted by atomic mass is 10.1. The maximum absolute atomic E-state index is 14.5. The quantitative estimate of drug-likeness (QED) is 0.386. The van der Waals surface area contributed by atoms with Gasteiger partial charge in [-0.05, 0) is 36.4 Å². The van der Waals surface area contributed by atoms with Crippen LogP contribution < -0.4 is 10.3 Å². The second-order valence-electron chi connectivity index (χ2n) is 6.96. The first kappa shape index (κ1) is 19.9. The lowest BCUT2D eigenvalue weighted by Gasteiger charge is -2.14. The summed E-state index contributed by atoms with van der Waals surface area (Å²) in [7, 11) is 1.60. The van der Waals surface area contributed by atoms with Crippen LogP contribution in [0.25, 0.3) is 26.7 Å². The number of hydrogen-bond acceptors (Lipinski definition) is 6. The zero-order valence-corrected chi connectivity index (χ0v) is 17.6. The highest BCUT2D eigenvalue weighted by molar-refractivity contribution is 7.22. The maximum atomic E-state index is 14.5. The fourth-order valence-electron chi connectivity index (χ4n) is 3.54. The number of aliphatic imine (C=N–C) groups is 1. The molecule has 0 aliphatic heterocycles. The molecule has 5 aromatic rings. The first-order valence-electron chi connectivity index (χ1n) is 9.67. The van der Waals surface area contributed by atoms with E-state index in [0.717, 1.165) is 20.5 Å². The molecule has 0 saturated carbocycles. The minimum absolute atomic E-state index is 0.0394. The van der Waals surface area contributed by atoms with Gasteiger partial charge in [0.1, 0.15) is 11.6 Å². The molecule has 158 valence electrons. The van der Waals surface area contributed by atoms with E-state index in [1.54, 1.807) is 37.4 Å². The molecule has 2 heterocycles. The van der Waals surface area contributed by atoms with Crippen molar-refractivity contribution in [2.45, 2.75) is 0 Å². The maximum Gasteiger partial charge on any atom is 0.265 e. The molecule has 0 bridgehead atoms. The van der Waals surface area contributed by atoms with E-state index in [1.165, 1.54) is 35.8 Å². The van der Waals surface area contributed by atoms with Gasteiger partial charge in [-0.25, -0.2) is 18.9 Å². The Labute approximate surface area is 185 Å². The van der Waals surface area contributed by atoms with E-state index < -0.39 is 17.3 Å². The normalized spacial score (nSPS) is 11.6. The predicted octanol–water partition coefficient (Wildman–Crippen LogP) is 5.20. The van der Waals surface area contributed by atoms with E-state index in [0.29, 0.717) is 21.5 Å². The Kier molecular flexibility index (Phi) is 4.91. The van der Waals surface area contributed by atoms with Crippen molar-refractivity contribution < 1.29 is 14.2 Å². The number of rotatable bonds is 4. The SMILES string of the molecule is COc1ccc2nc(N=Cc3c(O)n(-c4ccccc4F)c(=O)c4ccccc34)sc2c1. The third-order valence-corrected chi connectivity index (χ3v) is 6.01. The van der Waals surface area contributed by atoms with Crippen LogP contribution >= 0.6 is 11.3 Å². The summed E-state index contributed by atoms with van der Waals surface area (Å²) in [4.78, 5) is 22.0. The summed E-state index contributed by atoms with van der Waals surface area (Å²) in [6, 6.07) is 18.2. The van der Waals surface area contributed by atoms with Crippen LogP contribution in [0.2, 0.25) is 0 Å². The van der Waals surface area contributed by atoms with Crippen LogP contribution in [0, 0.1) is 5.82 Å². The molecule has 1 N–H and O–H groups in total. The lowest BCUT2D eigenvalue weighted by molar-refractivity contribution is 0.415. The second-order valence-corrected chi connectivity index (χ2v) is 7.97. The fourth-order valence-corrected chi connectivity index (χ4v) is 4.38. The lowest BCUT2D eigenvalue weighted by Crippen LogP contribution is -2.21. The molecule has 8 heteroatoms. The van der Waals surface area contributed by atoms with Crippen LogP contribution in [0.15, 0.2) is 76.5 Å². The monoisotopic (exact) mass is 445 g/mol. The van der Waals surface area contributed by atoms with E-state index in [4.69, 9.17) is 4.74 Å². The third kappa shape index (κ3) is 3.30. The van der Waals surface area contributed by atoms with E-state index in [9.17, 15) is 14.3 Å². The number of methoxy groups -OCH3 is 1. The summed E-state index contributed by atoms with van der Waals surface area (Å²) < 4.78 is 21.6. The smallest absolute Gasteiger partial charge is 0.265 e. The van der Waals surface area contributed by atoms with E-state index in [1.807, 2.05) is 18.2 Å². The third-order valence-electron chi connectivity index (χ3n) is 5.09. The standard InChI is InChI=1S/C24H16FN3O3S/c1-31-14-10-11-19-21(12-14)32-24(27-19)26-13-17-15-6-2-3-7-16(15)22(29)28(23(17)30)20-9-5-4-8-18(20)25/h2-13,30H,1H3. The molecule has 0 amide bonds. The molecule has 6 nitrogen and oxygen atoms in total. The summed E-state index contributed by atoms with van der Waals surface area (Å²) in [5, 5.41) is 12.3. The van der Waals surface area contributed by atoms with Gasteiger partial charge in [0.25, 0.3) is 5.56 Å². The van der Waals surface area contributed by atoms with Gasteiger partial charge in [0, 0.05) is 17.0 Å². The molecule has 0 fully saturated rings. The highest BCUT2D eigenvalue weighted by Gasteiger charge is 2.18. The zero-order chi connectivity index (χ0) is 22.2. The number of aromatic nitrogens is 2. The van der Waals surface area contributed by atoms with Gasteiger partial charge in [-0.1, -0.05) is 41.7 Å². The van der Waals surface area contributed by atoms with Gasteiger partial charge in [0.2, 0.25) is 11.0 Å². The van der Waals surface area contributed by atoms with Crippen LogP contribution in [0.5, 0.6) is 11.6 Å². The molecule has 0 spiro atoms. The molecule has 3 aromatic carbocycles. The van der Waals surface area contributed by atoms with Crippen LogP contribution in [0.4, 0.5) is 9.52 Å². The number of thiazole rings is 1. The first-order valence-corrected chi connectivity index (χ1v) is 10.5. The van der Waals surface area contributed by atoms with Crippen LogP contribution in [-0.4, -0.2) is 28.0 Å². The molecule has 5 rings (SSSR count). The molecular formula is C24H16FN3O3S. The minimum atomic E-state index is -0.622. The zero-order valence-electron chi connectivity index (χ0n) is 16.8. The van der Waals surface area contributed by atoms with E-state index >= 15 is 0 Å². The number of pyridine rings is 1. The van der Waals surface area contributed by atoms with Crippen molar-refractivity contribution in [1.82, 2.24) is 9.55 Å². The number of ether oxygens (including phenoxy) is 1. The van der Waals surface area contributed by atoms with Gasteiger partial charge in [-0.2, -0.15) is 0 Å². The number of fused-ring (bicyclic) bond motifs is 2. The van der Waals surface area contributed by atoms with Gasteiger partial charge >= 0.3 is 0 Å². The molecule has 0 radical (unpaired) electrons. The molecule has 0 saturated heterocycles. The number of para-hydroxylation sites is 1. The number of hydrogen-bond donors (Lipinski definition) is 1. The minimum Gasteiger partial charge on any atom is -0.497 e. The van der Waals surface area contributed by atoms with Crippen molar-refractivity contribution in [2.24, 2.45) is 4.99 Å². The van der Waals surface area contributed by atoms with E-state index in [-0.39, 0.29) is 5.69 Å². The topological polar surface area (TPSA) is 76.7 Å². The van der Waals surface area contributed by atoms with Crippen LogP contribution in [-0.2, 0) is 0 Å². The highest BCUT2D eigenvalue weighted by Crippen LogP contribution is 2.32. The fraction of sp³-hybridized carbons (Fsp3) is 0.0417. The van der Waals surface area contributed by atoms with Gasteiger partial charge in [-0.15, -0.1) is 0 Å². The predicted molar refractivity (Wildman–Crippen MR) is 125 cm³/mol. The largest absolute Gasteiger partial charge is 0.497 e. The molecular weight excluding hydrogens is 429 g/mol. The first-order chi connectivity index (χ1) is 15.6. The van der Waals surface area contributed by atoms with Gasteiger partial charge < -0.3 is 9.84 Å². The Bertz CT molecular complexity index is 1570. The van der Waals surface area contributed by atoms with Crippen LogP contribution in [0.1, 0.15) is 5.56 Å². The Morgan fingerprint density at radius 2 is 1.84 bits per heavy atom. The van der Waals surface area contributed by atoms with E-state index in [2.05, 4.69) is 9.98 Å². The van der Waals surface area contributed by atoms with Crippen molar-refractivity contribution in [3.63, 3.8) is 0 Å². The van der Waals surface area contributed by atoms with Gasteiger partial charge in [-0.3, -0.25) is 4.79 Å². The summed E-state index contributed by atoms with van der Waals surface area (Å²) >= 11 is 1.36. The molecule has 32 heavy (non-hydrogen) atoms. The average molecular weight is 445 g/mol. The summed E-state index contributed by atoms with van der Waals surface area (Å²) in [5.74, 6) is -0.300. The summed E-state index contributed by atoms with van der Waals surface area (Å²) in [6.45, 7) is 0. The Morgan fingerprint density at radius 3 is 2.62 bits per heavy atom. The molecule has 2 aromatic heterocycles.